The van der Waals surface area contributed by atoms with Crippen LogP contribution >= 0.6 is 0 Å². The van der Waals surface area contributed by atoms with E-state index >= 15 is 0 Å². The number of benzene rings is 12. The minimum atomic E-state index is 1.10. The summed E-state index contributed by atoms with van der Waals surface area (Å²) in [6, 6.07) is 99.3. The molecule has 0 aliphatic rings. The third-order valence-corrected chi connectivity index (χ3v) is 16.5. The molecule has 394 valence electrons. The lowest BCUT2D eigenvalue weighted by atomic mass is 9.87. The van der Waals surface area contributed by atoms with Gasteiger partial charge >= 0.3 is 0 Å². The Bertz CT molecular complexity index is 4300. The van der Waals surface area contributed by atoms with E-state index in [0.29, 0.717) is 0 Å². The number of fused-ring (bicyclic) bond motifs is 6. The molecule has 2 aromatic heterocycles. The Morgan fingerprint density at radius 1 is 0.220 bits per heavy atom. The molecule has 4 heteroatoms. The van der Waals surface area contributed by atoms with E-state index in [2.05, 4.69) is 327 Å². The van der Waals surface area contributed by atoms with Crippen molar-refractivity contribution in [2.75, 3.05) is 9.80 Å². The Hall–Kier alpha value is -10.2. The fourth-order valence-electron chi connectivity index (χ4n) is 12.4. The molecule has 0 unspecified atom stereocenters. The lowest BCUT2D eigenvalue weighted by Gasteiger charge is -2.26. The number of aryl methyl sites for hydroxylation is 6. The smallest absolute Gasteiger partial charge is 0.0547 e. The van der Waals surface area contributed by atoms with Gasteiger partial charge in [-0.05, 0) is 196 Å². The highest BCUT2D eigenvalue weighted by atomic mass is 15.1. The van der Waals surface area contributed by atoms with Gasteiger partial charge in [-0.3, -0.25) is 0 Å². The highest BCUT2D eigenvalue weighted by molar-refractivity contribution is 6.20. The molecule has 4 nitrogen and oxygen atoms in total. The van der Waals surface area contributed by atoms with Gasteiger partial charge in [0.05, 0.1) is 22.1 Å². The lowest BCUT2D eigenvalue weighted by Crippen LogP contribution is -2.10. The van der Waals surface area contributed by atoms with E-state index in [0.717, 1.165) is 67.6 Å². The summed E-state index contributed by atoms with van der Waals surface area (Å²) in [6.07, 6.45) is 0. The SMILES string of the molecule is Cc1ccc(N(c2ccc(C)cc2)c2ccc3c(c2)c2c(-c4ccccc4-c4ccccc4-c4cccc5c4c4cc(N(c6ccc(C)cc6)c6ccc(C)cc6)ccc4n5-c4ccc(C)cc4)cccc2n3-c2ccc(C)cc2)cc1. The third kappa shape index (κ3) is 8.81. The molecule has 0 spiro atoms. The zero-order chi connectivity index (χ0) is 55.6. The van der Waals surface area contributed by atoms with Crippen LogP contribution in [0.4, 0.5) is 34.1 Å². The summed E-state index contributed by atoms with van der Waals surface area (Å²) >= 11 is 0. The molecule has 0 amide bonds. The average molecular weight is 1060 g/mol. The fourth-order valence-corrected chi connectivity index (χ4v) is 12.4. The first kappa shape index (κ1) is 50.1. The van der Waals surface area contributed by atoms with Crippen molar-refractivity contribution < 1.29 is 0 Å². The van der Waals surface area contributed by atoms with Gasteiger partial charge in [0.2, 0.25) is 0 Å². The Morgan fingerprint density at radius 3 is 0.780 bits per heavy atom. The second kappa shape index (κ2) is 20.5. The predicted octanol–water partition coefficient (Wildman–Crippen LogP) is 21.7. The Labute approximate surface area is 480 Å². The molecule has 14 rings (SSSR count). The fraction of sp³-hybridized carbons (Fsp3) is 0.0769. The van der Waals surface area contributed by atoms with Gasteiger partial charge in [0.25, 0.3) is 0 Å². The van der Waals surface area contributed by atoms with Crippen molar-refractivity contribution in [2.24, 2.45) is 0 Å². The van der Waals surface area contributed by atoms with Gasteiger partial charge in [0.15, 0.2) is 0 Å². The Morgan fingerprint density at radius 2 is 0.476 bits per heavy atom. The number of hydrogen-bond acceptors (Lipinski definition) is 2. The molecule has 12 aromatic carbocycles. The van der Waals surface area contributed by atoms with Crippen molar-refractivity contribution in [3.63, 3.8) is 0 Å². The van der Waals surface area contributed by atoms with Crippen molar-refractivity contribution in [1.29, 1.82) is 0 Å². The molecular formula is C78H62N4. The molecule has 0 aliphatic carbocycles. The molecule has 0 atom stereocenters. The van der Waals surface area contributed by atoms with Gasteiger partial charge in [0, 0.05) is 67.0 Å². The molecule has 2 heterocycles. The summed E-state index contributed by atoms with van der Waals surface area (Å²) in [5.41, 5.74) is 27.9. The number of aromatic nitrogens is 2. The van der Waals surface area contributed by atoms with Crippen LogP contribution in [0, 0.1) is 41.5 Å². The summed E-state index contributed by atoms with van der Waals surface area (Å²) in [7, 11) is 0. The van der Waals surface area contributed by atoms with Gasteiger partial charge < -0.3 is 18.9 Å². The third-order valence-electron chi connectivity index (χ3n) is 16.5. The zero-order valence-corrected chi connectivity index (χ0v) is 47.2. The van der Waals surface area contributed by atoms with Crippen LogP contribution in [-0.4, -0.2) is 9.13 Å². The van der Waals surface area contributed by atoms with Crippen LogP contribution in [0.1, 0.15) is 33.4 Å². The first-order chi connectivity index (χ1) is 40.1. The minimum absolute atomic E-state index is 1.10. The molecule has 0 saturated carbocycles. The molecular weight excluding hydrogens is 993 g/mol. The van der Waals surface area contributed by atoms with Crippen molar-refractivity contribution in [3.05, 3.63) is 300 Å². The second-order valence-electron chi connectivity index (χ2n) is 22.2. The molecule has 14 aromatic rings. The molecule has 0 fully saturated rings. The Balaban J connectivity index is 0.999. The first-order valence-corrected chi connectivity index (χ1v) is 28.5. The highest BCUT2D eigenvalue weighted by Gasteiger charge is 2.25. The summed E-state index contributed by atoms with van der Waals surface area (Å²) in [5, 5.41) is 4.79. The van der Waals surface area contributed by atoms with Gasteiger partial charge in [-0.2, -0.15) is 0 Å². The molecule has 0 aliphatic heterocycles. The zero-order valence-electron chi connectivity index (χ0n) is 47.2. The topological polar surface area (TPSA) is 16.3 Å². The Kier molecular flexibility index (Phi) is 12.5. The van der Waals surface area contributed by atoms with Gasteiger partial charge in [0.1, 0.15) is 0 Å². The molecule has 0 radical (unpaired) electrons. The number of rotatable bonds is 11. The largest absolute Gasteiger partial charge is 0.310 e. The quantitative estimate of drug-likeness (QED) is 0.128. The van der Waals surface area contributed by atoms with Gasteiger partial charge in [-0.1, -0.05) is 179 Å². The standard InChI is InChI=1S/C78H62N4/c1-51-21-33-57(34-22-51)79(58-35-23-52(2)24-36-58)63-45-47-73-71(49-63)77-69(17-11-19-75(77)81(73)61-41-29-55(5)30-42-61)67-15-9-7-13-65(67)66-14-8-10-16-68(66)70-18-12-20-76-78(70)72-50-64(46-48-74(72)82(76)62-43-31-56(6)32-44-62)80(59-37-25-53(3)26-38-59)60-39-27-54(4)28-40-60/h7-50H,1-6H3. The number of hydrogen-bond donors (Lipinski definition) is 0. The lowest BCUT2D eigenvalue weighted by molar-refractivity contribution is 1.17. The van der Waals surface area contributed by atoms with E-state index in [4.69, 9.17) is 0 Å². The van der Waals surface area contributed by atoms with Crippen molar-refractivity contribution in [3.8, 4) is 44.8 Å². The summed E-state index contributed by atoms with van der Waals surface area (Å²) in [5.74, 6) is 0. The summed E-state index contributed by atoms with van der Waals surface area (Å²) in [4.78, 5) is 4.78. The van der Waals surface area contributed by atoms with E-state index in [1.165, 1.54) is 88.3 Å². The van der Waals surface area contributed by atoms with Crippen LogP contribution in [0.2, 0.25) is 0 Å². The number of anilines is 6. The van der Waals surface area contributed by atoms with Crippen LogP contribution in [0.3, 0.4) is 0 Å². The number of nitrogens with zero attached hydrogens (tertiary/aromatic N) is 4. The maximum Gasteiger partial charge on any atom is 0.0547 e. The summed E-state index contributed by atoms with van der Waals surface area (Å²) < 4.78 is 4.90. The van der Waals surface area contributed by atoms with E-state index in [1.54, 1.807) is 0 Å². The van der Waals surface area contributed by atoms with Gasteiger partial charge in [-0.15, -0.1) is 0 Å². The van der Waals surface area contributed by atoms with Crippen LogP contribution < -0.4 is 9.80 Å². The minimum Gasteiger partial charge on any atom is -0.310 e. The maximum absolute atomic E-state index is 2.45. The van der Waals surface area contributed by atoms with Crippen LogP contribution in [0.15, 0.2) is 267 Å². The molecule has 0 saturated heterocycles. The van der Waals surface area contributed by atoms with E-state index in [1.807, 2.05) is 0 Å². The van der Waals surface area contributed by atoms with Crippen molar-refractivity contribution >= 4 is 77.7 Å². The monoisotopic (exact) mass is 1050 g/mol. The van der Waals surface area contributed by atoms with E-state index in [-0.39, 0.29) is 0 Å². The van der Waals surface area contributed by atoms with E-state index in [9.17, 15) is 0 Å². The molecule has 0 bridgehead atoms. The van der Waals surface area contributed by atoms with Gasteiger partial charge in [-0.25, -0.2) is 0 Å². The van der Waals surface area contributed by atoms with Crippen LogP contribution in [-0.2, 0) is 0 Å². The maximum atomic E-state index is 2.45. The molecule has 82 heavy (non-hydrogen) atoms. The van der Waals surface area contributed by atoms with Crippen LogP contribution in [0.25, 0.3) is 88.4 Å². The van der Waals surface area contributed by atoms with E-state index < -0.39 is 0 Å². The first-order valence-electron chi connectivity index (χ1n) is 28.5. The molecule has 0 N–H and O–H groups in total. The normalized spacial score (nSPS) is 11.5. The van der Waals surface area contributed by atoms with Crippen molar-refractivity contribution in [2.45, 2.75) is 41.5 Å². The predicted molar refractivity (Wildman–Crippen MR) is 349 cm³/mol. The highest BCUT2D eigenvalue weighted by Crippen LogP contribution is 2.49. The van der Waals surface area contributed by atoms with Crippen LogP contribution in [0.5, 0.6) is 0 Å². The van der Waals surface area contributed by atoms with Crippen molar-refractivity contribution in [1.82, 2.24) is 9.13 Å². The second-order valence-corrected chi connectivity index (χ2v) is 22.2. The average Bonchev–Trinajstić information content (AvgIpc) is 2.27. The summed E-state index contributed by atoms with van der Waals surface area (Å²) in [6.45, 7) is 12.9.